The number of phenols is 1. The summed E-state index contributed by atoms with van der Waals surface area (Å²) in [6, 6.07) is 3.81. The van der Waals surface area contributed by atoms with Gasteiger partial charge in [-0.1, -0.05) is 46.5 Å². The Hall–Kier alpha value is -2.24. The summed E-state index contributed by atoms with van der Waals surface area (Å²) in [4.78, 5) is 29.1. The van der Waals surface area contributed by atoms with Crippen LogP contribution in [0.2, 0.25) is 0 Å². The van der Waals surface area contributed by atoms with Crippen LogP contribution in [-0.2, 0) is 19.8 Å². The van der Waals surface area contributed by atoms with E-state index in [-0.39, 0.29) is 34.9 Å². The van der Waals surface area contributed by atoms with Crippen molar-refractivity contribution in [2.75, 3.05) is 0 Å². The van der Waals surface area contributed by atoms with Crippen molar-refractivity contribution in [1.29, 1.82) is 0 Å². The Bertz CT molecular complexity index is 906. The third-order valence-corrected chi connectivity index (χ3v) is 7.89. The maximum Gasteiger partial charge on any atom is 0.329 e. The van der Waals surface area contributed by atoms with Crippen LogP contribution in [0.25, 0.3) is 0 Å². The molecule has 6 nitrogen and oxygen atoms in total. The van der Waals surface area contributed by atoms with Crippen molar-refractivity contribution in [2.24, 2.45) is 5.92 Å². The summed E-state index contributed by atoms with van der Waals surface area (Å²) in [5.41, 5.74) is 1.44. The van der Waals surface area contributed by atoms with Crippen molar-refractivity contribution in [1.82, 2.24) is 5.06 Å². The number of hydrogen-bond donors (Lipinski definition) is 1. The van der Waals surface area contributed by atoms with Crippen LogP contribution in [0.4, 0.5) is 0 Å². The molecular formula is C28H43NO5. The van der Waals surface area contributed by atoms with E-state index in [1.54, 1.807) is 0 Å². The first-order valence-electron chi connectivity index (χ1n) is 12.9. The molecular weight excluding hydrogens is 430 g/mol. The molecule has 1 aromatic rings. The molecule has 1 aromatic carbocycles. The smallest absolute Gasteiger partial charge is 0.329 e. The van der Waals surface area contributed by atoms with Crippen molar-refractivity contribution >= 4 is 11.9 Å². The number of carbonyl (C=O) groups excluding carboxylic acids is 2. The van der Waals surface area contributed by atoms with Crippen molar-refractivity contribution < 1.29 is 24.3 Å². The van der Waals surface area contributed by atoms with E-state index >= 15 is 0 Å². The molecule has 1 saturated carbocycles. The molecule has 34 heavy (non-hydrogen) atoms. The Kier molecular flexibility index (Phi) is 7.89. The Balaban J connectivity index is 1.93. The normalized spacial score (nSPS) is 23.3. The first kappa shape index (κ1) is 26.4. The van der Waals surface area contributed by atoms with Gasteiger partial charge in [-0.15, -0.1) is 0 Å². The van der Waals surface area contributed by atoms with Crippen LogP contribution < -0.4 is 4.74 Å². The highest BCUT2D eigenvalue weighted by atomic mass is 16.7. The second kappa shape index (κ2) is 10.2. The van der Waals surface area contributed by atoms with Crippen LogP contribution in [0.5, 0.6) is 11.5 Å². The first-order valence-corrected chi connectivity index (χ1v) is 12.9. The van der Waals surface area contributed by atoms with E-state index in [0.717, 1.165) is 42.6 Å². The molecule has 3 rings (SSSR count). The van der Waals surface area contributed by atoms with E-state index in [0.29, 0.717) is 6.42 Å². The average molecular weight is 474 g/mol. The molecule has 3 atom stereocenters. The molecule has 0 spiro atoms. The Morgan fingerprint density at radius 3 is 2.50 bits per heavy atom. The van der Waals surface area contributed by atoms with Crippen LogP contribution in [0, 0.1) is 5.92 Å². The van der Waals surface area contributed by atoms with Crippen molar-refractivity contribution in [2.45, 2.75) is 123 Å². The van der Waals surface area contributed by atoms with Gasteiger partial charge in [0.15, 0.2) is 0 Å². The highest BCUT2D eigenvalue weighted by molar-refractivity contribution is 5.75. The second-order valence-electron chi connectivity index (χ2n) is 11.4. The van der Waals surface area contributed by atoms with E-state index in [1.165, 1.54) is 38.2 Å². The zero-order valence-electron chi connectivity index (χ0n) is 22.1. The number of benzene rings is 1. The lowest BCUT2D eigenvalue weighted by molar-refractivity contribution is -0.209. The predicted molar refractivity (Wildman–Crippen MR) is 133 cm³/mol. The summed E-state index contributed by atoms with van der Waals surface area (Å²) in [5, 5.41) is 12.5. The van der Waals surface area contributed by atoms with E-state index in [1.807, 2.05) is 6.07 Å². The Labute approximate surface area is 205 Å². The fourth-order valence-electron chi connectivity index (χ4n) is 6.00. The highest BCUT2D eigenvalue weighted by Gasteiger charge is 2.49. The topological polar surface area (TPSA) is 76.1 Å². The number of hydroxylamine groups is 2. The number of aromatic hydroxyl groups is 1. The van der Waals surface area contributed by atoms with E-state index in [4.69, 9.17) is 9.57 Å². The van der Waals surface area contributed by atoms with Crippen LogP contribution in [-0.4, -0.2) is 33.7 Å². The third-order valence-electron chi connectivity index (χ3n) is 7.89. The third kappa shape index (κ3) is 5.52. The van der Waals surface area contributed by atoms with Crippen LogP contribution in [0.1, 0.15) is 117 Å². The average Bonchev–Trinajstić information content (AvgIpc) is 2.73. The fraction of sp³-hybridized carbons (Fsp3) is 0.714. The second-order valence-corrected chi connectivity index (χ2v) is 11.4. The van der Waals surface area contributed by atoms with Gasteiger partial charge in [-0.3, -0.25) is 9.59 Å². The largest absolute Gasteiger partial charge is 0.508 e. The maximum atomic E-state index is 12.2. The van der Waals surface area contributed by atoms with E-state index in [9.17, 15) is 14.7 Å². The number of carbonyl (C=O) groups is 2. The van der Waals surface area contributed by atoms with Crippen LogP contribution >= 0.6 is 0 Å². The number of phenolic OH excluding ortho intramolecular Hbond substituents is 1. The van der Waals surface area contributed by atoms with Crippen LogP contribution in [0.3, 0.4) is 0 Å². The summed E-state index contributed by atoms with van der Waals surface area (Å²) in [5.74, 6) is 0.429. The van der Waals surface area contributed by atoms with E-state index in [2.05, 4.69) is 40.7 Å². The quantitative estimate of drug-likeness (QED) is 0.367. The molecule has 1 amide bonds. The van der Waals surface area contributed by atoms with Gasteiger partial charge in [0.1, 0.15) is 17.1 Å². The molecule has 1 aliphatic carbocycles. The molecule has 1 N–H and O–H groups in total. The number of hydrogen-bond acceptors (Lipinski definition) is 5. The lowest BCUT2D eigenvalue weighted by Crippen LogP contribution is -2.51. The number of rotatable bonds is 7. The molecule has 1 heterocycles. The predicted octanol–water partition coefficient (Wildman–Crippen LogP) is 6.39. The molecule has 1 fully saturated rings. The zero-order valence-corrected chi connectivity index (χ0v) is 22.1. The number of unbranched alkanes of at least 4 members (excludes halogenated alkanes) is 3. The lowest BCUT2D eigenvalue weighted by atomic mass is 9.65. The van der Waals surface area contributed by atoms with Crippen molar-refractivity contribution in [3.05, 3.63) is 23.3 Å². The molecule has 0 saturated heterocycles. The van der Waals surface area contributed by atoms with Gasteiger partial charge in [0.2, 0.25) is 0 Å². The Morgan fingerprint density at radius 1 is 1.18 bits per heavy atom. The minimum absolute atomic E-state index is 0.0108. The highest BCUT2D eigenvalue weighted by Crippen LogP contribution is 2.55. The molecule has 0 aromatic heterocycles. The number of amides is 1. The van der Waals surface area contributed by atoms with Gasteiger partial charge >= 0.3 is 5.97 Å². The SMILES string of the molecule is CCCCCCC(C)(C)c1cc(O)c2c(c1)OC(C)(C)[C@@H]1CCC(N(OC(C)=O)C(C)=O)C[C@@H]21. The monoisotopic (exact) mass is 473 g/mol. The number of fused-ring (bicyclic) bond motifs is 3. The van der Waals surface area contributed by atoms with Gasteiger partial charge < -0.3 is 14.7 Å². The molecule has 1 unspecified atom stereocenters. The maximum absolute atomic E-state index is 12.2. The van der Waals surface area contributed by atoms with Gasteiger partial charge in [0.25, 0.3) is 5.91 Å². The number of nitrogens with zero attached hydrogens (tertiary/aromatic N) is 1. The van der Waals surface area contributed by atoms with Crippen LogP contribution in [0.15, 0.2) is 12.1 Å². The summed E-state index contributed by atoms with van der Waals surface area (Å²) < 4.78 is 6.53. The first-order chi connectivity index (χ1) is 15.9. The van der Waals surface area contributed by atoms with Crippen molar-refractivity contribution in [3.63, 3.8) is 0 Å². The Morgan fingerprint density at radius 2 is 1.88 bits per heavy atom. The van der Waals surface area contributed by atoms with Crippen molar-refractivity contribution in [3.8, 4) is 11.5 Å². The fourth-order valence-corrected chi connectivity index (χ4v) is 6.00. The molecule has 190 valence electrons. The molecule has 6 heteroatoms. The van der Waals surface area contributed by atoms with Gasteiger partial charge in [-0.05, 0) is 68.6 Å². The summed E-state index contributed by atoms with van der Waals surface area (Å²) in [7, 11) is 0. The number of ether oxygens (including phenoxy) is 1. The summed E-state index contributed by atoms with van der Waals surface area (Å²) in [6.07, 6.45) is 8.05. The van der Waals surface area contributed by atoms with Gasteiger partial charge in [-0.25, -0.2) is 0 Å². The van der Waals surface area contributed by atoms with E-state index < -0.39 is 11.6 Å². The van der Waals surface area contributed by atoms with Gasteiger partial charge in [0, 0.05) is 25.3 Å². The minimum atomic E-state index is -0.501. The summed E-state index contributed by atoms with van der Waals surface area (Å²) in [6.45, 7) is 13.6. The molecule has 1 aliphatic heterocycles. The standard InChI is InChI=1S/C28H43NO5/c1-8-9-10-11-14-27(4,5)20-15-24(32)26-22-17-21(29(18(2)30)34-19(3)31)12-13-23(22)28(6,7)33-25(26)16-20/h15-16,21-23,32H,8-14,17H2,1-7H3/t21?,22-,23-/m1/s1. The lowest BCUT2D eigenvalue weighted by Gasteiger charge is -2.50. The minimum Gasteiger partial charge on any atom is -0.508 e. The summed E-state index contributed by atoms with van der Waals surface area (Å²) >= 11 is 0. The zero-order chi connectivity index (χ0) is 25.3. The van der Waals surface area contributed by atoms with Gasteiger partial charge in [-0.2, -0.15) is 5.06 Å². The van der Waals surface area contributed by atoms with Gasteiger partial charge in [0.05, 0.1) is 6.04 Å². The molecule has 2 aliphatic rings. The molecule has 0 radical (unpaired) electrons. The molecule has 0 bridgehead atoms.